The first-order chi connectivity index (χ1) is 11.9. The van der Waals surface area contributed by atoms with Gasteiger partial charge in [-0.2, -0.15) is 0 Å². The van der Waals surface area contributed by atoms with Crippen molar-refractivity contribution in [3.05, 3.63) is 29.1 Å². The molecule has 0 saturated carbocycles. The number of piperidine rings is 1. The van der Waals surface area contributed by atoms with E-state index in [0.717, 1.165) is 17.0 Å². The summed E-state index contributed by atoms with van der Waals surface area (Å²) in [4.78, 5) is 38.0. The van der Waals surface area contributed by atoms with Crippen molar-refractivity contribution in [2.45, 2.75) is 23.6 Å². The van der Waals surface area contributed by atoms with E-state index >= 15 is 0 Å². The molecule has 0 bridgehead atoms. The van der Waals surface area contributed by atoms with Crippen molar-refractivity contribution < 1.29 is 29.2 Å². The maximum atomic E-state index is 13.7. The van der Waals surface area contributed by atoms with Crippen LogP contribution in [0.15, 0.2) is 12.1 Å². The molecule has 124 valence electrons. The normalized spacial score (nSPS) is 24.8. The lowest BCUT2D eigenvalue weighted by molar-refractivity contribution is -0.148. The van der Waals surface area contributed by atoms with Crippen molar-refractivity contribution in [2.24, 2.45) is 0 Å². The standard InChI is InChI=1S/C13H8B4FN3O5/c14-12(15)4-13(16,11(24)20(17)10(12)23)19-3-7-6(9(19)22)1-5(18)2-8(7)21(25)26/h1-2,25-26H,3-4H2. The van der Waals surface area contributed by atoms with Gasteiger partial charge in [0.25, 0.3) is 5.91 Å². The third-order valence-corrected chi connectivity index (χ3v) is 4.45. The second-order valence-electron chi connectivity index (χ2n) is 6.25. The van der Waals surface area contributed by atoms with Crippen LogP contribution < -0.4 is 5.23 Å². The summed E-state index contributed by atoms with van der Waals surface area (Å²) in [6, 6.07) is 1.63. The number of anilines is 1. The first kappa shape index (κ1) is 18.5. The maximum absolute atomic E-state index is 13.7. The van der Waals surface area contributed by atoms with E-state index in [-0.39, 0.29) is 21.2 Å². The van der Waals surface area contributed by atoms with Gasteiger partial charge in [-0.3, -0.25) is 24.8 Å². The highest BCUT2D eigenvalue weighted by molar-refractivity contribution is 6.56. The molecule has 3 rings (SSSR count). The fraction of sp³-hybridized carbons (Fsp3) is 0.308. The monoisotopic (exact) mass is 349 g/mol. The number of benzene rings is 1. The van der Waals surface area contributed by atoms with Gasteiger partial charge in [-0.1, -0.05) is 0 Å². The van der Waals surface area contributed by atoms with Crippen molar-refractivity contribution >= 4 is 54.9 Å². The molecule has 2 heterocycles. The Morgan fingerprint density at radius 1 is 1.12 bits per heavy atom. The smallest absolute Gasteiger partial charge is 0.254 e. The van der Waals surface area contributed by atoms with Gasteiger partial charge in [0.1, 0.15) is 19.4 Å². The Bertz CT molecular complexity index is 851. The van der Waals surface area contributed by atoms with E-state index in [0.29, 0.717) is 0 Å². The number of amides is 3. The van der Waals surface area contributed by atoms with Crippen LogP contribution in [0.2, 0.25) is 5.21 Å². The highest BCUT2D eigenvalue weighted by atomic mass is 19.1. The SMILES string of the molecule is [B]N1C(=O)C([B])([B])CC([B])(N2Cc3c(cc(F)cc3N(O)O)C2=O)C1=O. The first-order valence-electron chi connectivity index (χ1n) is 7.23. The summed E-state index contributed by atoms with van der Waals surface area (Å²) >= 11 is 0. The number of carbonyl (C=O) groups excluding carboxylic acids is 3. The molecular formula is C13H8B4FN3O5. The minimum Gasteiger partial charge on any atom is -0.340 e. The average molecular weight is 348 g/mol. The maximum Gasteiger partial charge on any atom is 0.254 e. The van der Waals surface area contributed by atoms with Gasteiger partial charge in [0.05, 0.1) is 21.1 Å². The van der Waals surface area contributed by atoms with Crippen LogP contribution in [-0.2, 0) is 16.1 Å². The number of halogens is 1. The van der Waals surface area contributed by atoms with Gasteiger partial charge in [0.15, 0.2) is 0 Å². The number of rotatable bonds is 2. The van der Waals surface area contributed by atoms with Crippen molar-refractivity contribution in [1.29, 1.82) is 0 Å². The number of fused-ring (bicyclic) bond motifs is 1. The molecule has 0 spiro atoms. The van der Waals surface area contributed by atoms with E-state index in [1.54, 1.807) is 0 Å². The lowest BCUT2D eigenvalue weighted by Crippen LogP contribution is -2.67. The molecule has 3 amide bonds. The second-order valence-corrected chi connectivity index (χ2v) is 6.25. The van der Waals surface area contributed by atoms with Gasteiger partial charge < -0.3 is 9.71 Å². The molecule has 1 fully saturated rings. The minimum absolute atomic E-state index is 0.000797. The Labute approximate surface area is 152 Å². The molecule has 2 aliphatic rings. The highest BCUT2D eigenvalue weighted by Gasteiger charge is 2.55. The molecule has 1 unspecified atom stereocenters. The van der Waals surface area contributed by atoms with Crippen molar-refractivity contribution in [1.82, 2.24) is 9.71 Å². The zero-order chi connectivity index (χ0) is 19.6. The quantitative estimate of drug-likeness (QED) is 0.384. The molecule has 1 aromatic carbocycles. The Hall–Kier alpha value is -2.26. The summed E-state index contributed by atoms with van der Waals surface area (Å²) in [6.07, 6.45) is -0.648. The van der Waals surface area contributed by atoms with Crippen molar-refractivity contribution in [2.75, 3.05) is 5.23 Å². The Kier molecular flexibility index (Phi) is 4.00. The number of hydrogen-bond donors (Lipinski definition) is 2. The fourth-order valence-electron chi connectivity index (χ4n) is 3.19. The van der Waals surface area contributed by atoms with Gasteiger partial charge in [0.2, 0.25) is 19.8 Å². The molecule has 2 aliphatic heterocycles. The third-order valence-electron chi connectivity index (χ3n) is 4.45. The van der Waals surface area contributed by atoms with Crippen LogP contribution in [0.1, 0.15) is 22.3 Å². The number of carbonyl (C=O) groups is 3. The van der Waals surface area contributed by atoms with Crippen LogP contribution in [0.4, 0.5) is 10.1 Å². The molecule has 8 radical (unpaired) electrons. The fourth-order valence-corrected chi connectivity index (χ4v) is 3.19. The summed E-state index contributed by atoms with van der Waals surface area (Å²) in [5, 5.41) is 16.0. The van der Waals surface area contributed by atoms with Crippen LogP contribution in [0.3, 0.4) is 0 Å². The van der Waals surface area contributed by atoms with E-state index in [2.05, 4.69) is 0 Å². The van der Waals surface area contributed by atoms with Crippen molar-refractivity contribution in [3.63, 3.8) is 0 Å². The third kappa shape index (κ3) is 2.45. The number of imide groups is 1. The summed E-state index contributed by atoms with van der Waals surface area (Å²) in [5.74, 6) is -4.04. The molecule has 1 atom stereocenters. The molecular weight excluding hydrogens is 340 g/mol. The zero-order valence-corrected chi connectivity index (χ0v) is 13.2. The molecule has 0 aliphatic carbocycles. The lowest BCUT2D eigenvalue weighted by Gasteiger charge is -2.50. The molecule has 13 heteroatoms. The number of nitrogens with zero attached hydrogens (tertiary/aromatic N) is 3. The van der Waals surface area contributed by atoms with Gasteiger partial charge in [-0.15, -0.1) is 5.23 Å². The highest BCUT2D eigenvalue weighted by Crippen LogP contribution is 2.43. The second kappa shape index (κ2) is 5.62. The summed E-state index contributed by atoms with van der Waals surface area (Å²) in [6.45, 7) is -0.401. The van der Waals surface area contributed by atoms with Crippen LogP contribution >= 0.6 is 0 Å². The van der Waals surface area contributed by atoms with Gasteiger partial charge in [0, 0.05) is 23.7 Å². The van der Waals surface area contributed by atoms with Crippen LogP contribution in [0, 0.1) is 5.82 Å². The average Bonchev–Trinajstić information content (AvgIpc) is 2.87. The topological polar surface area (TPSA) is 101 Å². The predicted molar refractivity (Wildman–Crippen MR) is 87.2 cm³/mol. The zero-order valence-electron chi connectivity index (χ0n) is 13.2. The van der Waals surface area contributed by atoms with E-state index in [4.69, 9.17) is 31.5 Å². The van der Waals surface area contributed by atoms with E-state index in [1.165, 1.54) is 0 Å². The molecule has 2 N–H and O–H groups in total. The minimum atomic E-state index is -2.20. The van der Waals surface area contributed by atoms with E-state index < -0.39 is 52.8 Å². The largest absolute Gasteiger partial charge is 0.340 e. The van der Waals surface area contributed by atoms with E-state index in [9.17, 15) is 29.2 Å². The molecule has 0 aromatic heterocycles. The van der Waals surface area contributed by atoms with Gasteiger partial charge in [-0.05, 0) is 17.7 Å². The van der Waals surface area contributed by atoms with Crippen LogP contribution in [0.5, 0.6) is 0 Å². The Balaban J connectivity index is 2.08. The Morgan fingerprint density at radius 3 is 2.31 bits per heavy atom. The van der Waals surface area contributed by atoms with E-state index in [1.807, 2.05) is 0 Å². The van der Waals surface area contributed by atoms with Gasteiger partial charge in [-0.25, -0.2) is 4.39 Å². The molecule has 8 nitrogen and oxygen atoms in total. The molecule has 1 aromatic rings. The molecule has 26 heavy (non-hydrogen) atoms. The van der Waals surface area contributed by atoms with Crippen LogP contribution in [-0.4, -0.2) is 74.8 Å². The van der Waals surface area contributed by atoms with Gasteiger partial charge >= 0.3 is 0 Å². The summed E-state index contributed by atoms with van der Waals surface area (Å²) < 4.78 is 13.7. The molecule has 1 saturated heterocycles. The van der Waals surface area contributed by atoms with Crippen molar-refractivity contribution in [3.8, 4) is 0 Å². The predicted octanol–water partition coefficient (Wildman–Crippen LogP) is -1.47. The Morgan fingerprint density at radius 2 is 1.73 bits per heavy atom. The summed E-state index contributed by atoms with van der Waals surface area (Å²) in [5.41, 5.74) is -2.87. The number of hydrogen-bond acceptors (Lipinski definition) is 6. The van der Waals surface area contributed by atoms with Crippen LogP contribution in [0.25, 0.3) is 0 Å². The first-order valence-corrected chi connectivity index (χ1v) is 7.23. The lowest BCUT2D eigenvalue weighted by atomic mass is 9.44. The summed E-state index contributed by atoms with van der Waals surface area (Å²) in [7, 11) is 22.8.